The normalized spacial score (nSPS) is 14.2. The van der Waals surface area contributed by atoms with Crippen molar-refractivity contribution in [2.45, 2.75) is 13.3 Å². The molecule has 0 aliphatic carbocycles. The first-order valence-corrected chi connectivity index (χ1v) is 9.18. The largest absolute Gasteiger partial charge is 0.484 e. The summed E-state index contributed by atoms with van der Waals surface area (Å²) < 4.78 is 11.0. The monoisotopic (exact) mass is 374 g/mol. The van der Waals surface area contributed by atoms with Crippen molar-refractivity contribution in [3.05, 3.63) is 53.1 Å². The van der Waals surface area contributed by atoms with Gasteiger partial charge in [-0.1, -0.05) is 36.7 Å². The van der Waals surface area contributed by atoms with Gasteiger partial charge in [0, 0.05) is 13.1 Å². The first-order chi connectivity index (χ1) is 12.7. The van der Waals surface area contributed by atoms with Crippen LogP contribution in [0.1, 0.15) is 12.5 Å². The number of halogens is 1. The third kappa shape index (κ3) is 4.68. The molecule has 5 nitrogen and oxygen atoms in total. The standard InChI is InChI=1S/C20H23ClN2O3/c1-2-15-6-8-16(9-7-15)26-14-19(24)22-18-5-3-4-17(21)20(18)23-10-12-25-13-11-23/h3-9H,2,10-14H2,1H3,(H,22,24). The van der Waals surface area contributed by atoms with E-state index in [2.05, 4.69) is 17.1 Å². The van der Waals surface area contributed by atoms with Crippen molar-refractivity contribution in [2.24, 2.45) is 0 Å². The van der Waals surface area contributed by atoms with Gasteiger partial charge in [-0.25, -0.2) is 0 Å². The molecular formula is C20H23ClN2O3. The molecule has 2 aromatic rings. The lowest BCUT2D eigenvalue weighted by molar-refractivity contribution is -0.118. The molecule has 1 saturated heterocycles. The second-order valence-corrected chi connectivity index (χ2v) is 6.48. The number of ether oxygens (including phenoxy) is 2. The lowest BCUT2D eigenvalue weighted by Gasteiger charge is -2.31. The number of nitrogens with one attached hydrogen (secondary N) is 1. The van der Waals surface area contributed by atoms with E-state index in [0.29, 0.717) is 29.7 Å². The van der Waals surface area contributed by atoms with E-state index in [1.54, 1.807) is 0 Å². The molecule has 1 aliphatic heterocycles. The lowest BCUT2D eigenvalue weighted by atomic mass is 10.2. The number of amides is 1. The highest BCUT2D eigenvalue weighted by molar-refractivity contribution is 6.34. The Hall–Kier alpha value is -2.24. The molecule has 0 aromatic heterocycles. The molecule has 1 aliphatic rings. The number of hydrogen-bond donors (Lipinski definition) is 1. The zero-order chi connectivity index (χ0) is 18.4. The van der Waals surface area contributed by atoms with Gasteiger partial charge >= 0.3 is 0 Å². The minimum atomic E-state index is -0.221. The molecule has 0 bridgehead atoms. The number of morpholine rings is 1. The Morgan fingerprint density at radius 3 is 2.62 bits per heavy atom. The molecular weight excluding hydrogens is 352 g/mol. The molecule has 0 saturated carbocycles. The summed E-state index contributed by atoms with van der Waals surface area (Å²) in [5.74, 6) is 0.457. The van der Waals surface area contributed by atoms with Crippen molar-refractivity contribution in [3.63, 3.8) is 0 Å². The summed E-state index contributed by atoms with van der Waals surface area (Å²) in [6.45, 7) is 4.83. The minimum absolute atomic E-state index is 0.0550. The molecule has 1 amide bonds. The zero-order valence-electron chi connectivity index (χ0n) is 14.8. The van der Waals surface area contributed by atoms with Crippen LogP contribution in [0.4, 0.5) is 11.4 Å². The van der Waals surface area contributed by atoms with E-state index in [0.717, 1.165) is 25.2 Å². The van der Waals surface area contributed by atoms with Crippen molar-refractivity contribution in [2.75, 3.05) is 43.1 Å². The molecule has 0 atom stereocenters. The zero-order valence-corrected chi connectivity index (χ0v) is 15.6. The van der Waals surface area contributed by atoms with Crippen LogP contribution in [0.5, 0.6) is 5.75 Å². The van der Waals surface area contributed by atoms with Crippen molar-refractivity contribution in [3.8, 4) is 5.75 Å². The third-order valence-corrected chi connectivity index (χ3v) is 4.59. The molecule has 1 heterocycles. The van der Waals surface area contributed by atoms with Gasteiger partial charge in [0.1, 0.15) is 5.75 Å². The molecule has 138 valence electrons. The summed E-state index contributed by atoms with van der Waals surface area (Å²) in [6.07, 6.45) is 0.972. The maximum absolute atomic E-state index is 12.3. The highest BCUT2D eigenvalue weighted by Crippen LogP contribution is 2.34. The van der Waals surface area contributed by atoms with Crippen LogP contribution in [0.25, 0.3) is 0 Å². The Balaban J connectivity index is 1.64. The average Bonchev–Trinajstić information content (AvgIpc) is 2.67. The minimum Gasteiger partial charge on any atom is -0.484 e. The molecule has 6 heteroatoms. The van der Waals surface area contributed by atoms with Gasteiger partial charge in [-0.05, 0) is 36.2 Å². The molecule has 0 spiro atoms. The number of hydrogen-bond acceptors (Lipinski definition) is 4. The van der Waals surface area contributed by atoms with Crippen LogP contribution in [-0.2, 0) is 16.0 Å². The van der Waals surface area contributed by atoms with Gasteiger partial charge in [-0.2, -0.15) is 0 Å². The number of carbonyl (C=O) groups is 1. The number of benzene rings is 2. The van der Waals surface area contributed by atoms with Crippen LogP contribution in [0, 0.1) is 0 Å². The predicted octanol–water partition coefficient (Wildman–Crippen LogP) is 3.76. The van der Waals surface area contributed by atoms with E-state index in [1.165, 1.54) is 5.56 Å². The summed E-state index contributed by atoms with van der Waals surface area (Å²) >= 11 is 6.38. The smallest absolute Gasteiger partial charge is 0.262 e. The SMILES string of the molecule is CCc1ccc(OCC(=O)Nc2cccc(Cl)c2N2CCOCC2)cc1. The molecule has 3 rings (SSSR count). The highest BCUT2D eigenvalue weighted by Gasteiger charge is 2.19. The van der Waals surface area contributed by atoms with E-state index in [1.807, 2.05) is 42.5 Å². The Morgan fingerprint density at radius 1 is 1.19 bits per heavy atom. The fraction of sp³-hybridized carbons (Fsp3) is 0.350. The van der Waals surface area contributed by atoms with Gasteiger partial charge in [0.25, 0.3) is 5.91 Å². The topological polar surface area (TPSA) is 50.8 Å². The van der Waals surface area contributed by atoms with Gasteiger partial charge in [-0.15, -0.1) is 0 Å². The fourth-order valence-corrected chi connectivity index (χ4v) is 3.18. The second kappa shape index (κ2) is 8.92. The van der Waals surface area contributed by atoms with Crippen molar-refractivity contribution >= 4 is 28.9 Å². The summed E-state index contributed by atoms with van der Waals surface area (Å²) in [5.41, 5.74) is 2.75. The number of aryl methyl sites for hydroxylation is 1. The molecule has 2 aromatic carbocycles. The number of nitrogens with zero attached hydrogens (tertiary/aromatic N) is 1. The van der Waals surface area contributed by atoms with Crippen LogP contribution in [0.2, 0.25) is 5.02 Å². The lowest BCUT2D eigenvalue weighted by Crippen LogP contribution is -2.37. The van der Waals surface area contributed by atoms with Gasteiger partial charge in [0.05, 0.1) is 29.6 Å². The Morgan fingerprint density at radius 2 is 1.92 bits per heavy atom. The Kier molecular flexibility index (Phi) is 6.36. The van der Waals surface area contributed by atoms with E-state index in [-0.39, 0.29) is 12.5 Å². The number of rotatable bonds is 6. The summed E-state index contributed by atoms with van der Waals surface area (Å²) in [6, 6.07) is 13.3. The average molecular weight is 375 g/mol. The van der Waals surface area contributed by atoms with E-state index in [4.69, 9.17) is 21.1 Å². The number of para-hydroxylation sites is 1. The Bertz CT molecular complexity index is 743. The molecule has 26 heavy (non-hydrogen) atoms. The van der Waals surface area contributed by atoms with Gasteiger partial charge in [0.2, 0.25) is 0 Å². The molecule has 0 radical (unpaired) electrons. The van der Waals surface area contributed by atoms with Crippen LogP contribution in [0.3, 0.4) is 0 Å². The quantitative estimate of drug-likeness (QED) is 0.836. The maximum Gasteiger partial charge on any atom is 0.262 e. The van der Waals surface area contributed by atoms with Crippen molar-refractivity contribution in [1.82, 2.24) is 0 Å². The highest BCUT2D eigenvalue weighted by atomic mass is 35.5. The first kappa shape index (κ1) is 18.5. The van der Waals surface area contributed by atoms with Crippen molar-refractivity contribution < 1.29 is 14.3 Å². The van der Waals surface area contributed by atoms with Gasteiger partial charge in [-0.3, -0.25) is 4.79 Å². The molecule has 1 fully saturated rings. The Labute approximate surface area is 158 Å². The second-order valence-electron chi connectivity index (χ2n) is 6.07. The number of carbonyl (C=O) groups excluding carboxylic acids is 1. The predicted molar refractivity (Wildman–Crippen MR) is 104 cm³/mol. The summed E-state index contributed by atoms with van der Waals surface area (Å²) in [7, 11) is 0. The summed E-state index contributed by atoms with van der Waals surface area (Å²) in [5, 5.41) is 3.52. The van der Waals surface area contributed by atoms with Gasteiger partial charge < -0.3 is 19.7 Å². The number of anilines is 2. The molecule has 1 N–H and O–H groups in total. The fourth-order valence-electron chi connectivity index (χ4n) is 2.88. The van der Waals surface area contributed by atoms with Crippen LogP contribution in [-0.4, -0.2) is 38.8 Å². The first-order valence-electron chi connectivity index (χ1n) is 8.80. The third-order valence-electron chi connectivity index (χ3n) is 4.29. The van der Waals surface area contributed by atoms with E-state index >= 15 is 0 Å². The van der Waals surface area contributed by atoms with E-state index < -0.39 is 0 Å². The van der Waals surface area contributed by atoms with Crippen LogP contribution >= 0.6 is 11.6 Å². The van der Waals surface area contributed by atoms with Gasteiger partial charge in [0.15, 0.2) is 6.61 Å². The van der Waals surface area contributed by atoms with Crippen LogP contribution < -0.4 is 15.0 Å². The molecule has 0 unspecified atom stereocenters. The van der Waals surface area contributed by atoms with Crippen molar-refractivity contribution in [1.29, 1.82) is 0 Å². The van der Waals surface area contributed by atoms with Crippen LogP contribution in [0.15, 0.2) is 42.5 Å². The maximum atomic E-state index is 12.3. The van der Waals surface area contributed by atoms with E-state index in [9.17, 15) is 4.79 Å². The summed E-state index contributed by atoms with van der Waals surface area (Å²) in [4.78, 5) is 14.5.